The van der Waals surface area contributed by atoms with Gasteiger partial charge >= 0.3 is 0 Å². The van der Waals surface area contributed by atoms with E-state index in [-0.39, 0.29) is 12.5 Å². The molecule has 0 atom stereocenters. The quantitative estimate of drug-likeness (QED) is 0.560. The molecule has 1 amide bonds. The van der Waals surface area contributed by atoms with Gasteiger partial charge in [-0.25, -0.2) is 5.43 Å². The van der Waals surface area contributed by atoms with Gasteiger partial charge < -0.3 is 5.32 Å². The highest BCUT2D eigenvalue weighted by atomic mass is 16.2. The Labute approximate surface area is 134 Å². The number of nitrogens with one attached hydrogen (secondary N) is 2. The zero-order chi connectivity index (χ0) is 15.9. The van der Waals surface area contributed by atoms with Gasteiger partial charge in [0, 0.05) is 5.69 Å². The first-order chi connectivity index (χ1) is 11.3. The molecule has 0 aliphatic rings. The predicted molar refractivity (Wildman–Crippen MR) is 94.6 cm³/mol. The molecule has 0 fully saturated rings. The van der Waals surface area contributed by atoms with E-state index in [1.807, 2.05) is 66.7 Å². The van der Waals surface area contributed by atoms with Gasteiger partial charge in [0.25, 0.3) is 5.91 Å². The summed E-state index contributed by atoms with van der Waals surface area (Å²) in [6.07, 6.45) is 1.62. The number of carbonyl (C=O) groups excluding carboxylic acids is 1. The van der Waals surface area contributed by atoms with Crippen molar-refractivity contribution < 1.29 is 4.79 Å². The van der Waals surface area contributed by atoms with Gasteiger partial charge in [0.2, 0.25) is 0 Å². The number of rotatable bonds is 5. The minimum Gasteiger partial charge on any atom is -0.376 e. The molecule has 3 aromatic carbocycles. The summed E-state index contributed by atoms with van der Waals surface area (Å²) in [5.74, 6) is -0.190. The highest BCUT2D eigenvalue weighted by molar-refractivity contribution is 5.87. The molecule has 0 spiro atoms. The minimum atomic E-state index is -0.190. The lowest BCUT2D eigenvalue weighted by atomic mass is 10.1. The summed E-state index contributed by atoms with van der Waals surface area (Å²) in [6.45, 7) is 0.171. The highest BCUT2D eigenvalue weighted by Crippen LogP contribution is 2.18. The van der Waals surface area contributed by atoms with Crippen LogP contribution < -0.4 is 10.7 Å². The molecule has 3 aromatic rings. The predicted octanol–water partition coefficient (Wildman–Crippen LogP) is 3.40. The molecule has 0 aliphatic heterocycles. The molecular weight excluding hydrogens is 286 g/mol. The topological polar surface area (TPSA) is 53.5 Å². The highest BCUT2D eigenvalue weighted by Gasteiger charge is 2.00. The van der Waals surface area contributed by atoms with E-state index in [9.17, 15) is 4.79 Å². The summed E-state index contributed by atoms with van der Waals surface area (Å²) in [5.41, 5.74) is 4.35. The lowest BCUT2D eigenvalue weighted by molar-refractivity contribution is -0.119. The molecule has 0 unspecified atom stereocenters. The van der Waals surface area contributed by atoms with Crippen LogP contribution in [0.1, 0.15) is 5.56 Å². The standard InChI is InChI=1S/C19H17N3O/c23-19(22-21-13-15-6-2-1-3-7-15)14-20-18-11-10-16-8-4-5-9-17(16)12-18/h1-13,20H,14H2,(H,22,23). The minimum absolute atomic E-state index is 0.171. The van der Waals surface area contributed by atoms with Gasteiger partial charge in [-0.05, 0) is 28.5 Å². The molecule has 4 nitrogen and oxygen atoms in total. The average Bonchev–Trinajstić information content (AvgIpc) is 2.61. The Morgan fingerprint density at radius 3 is 2.48 bits per heavy atom. The average molecular weight is 303 g/mol. The van der Waals surface area contributed by atoms with Crippen LogP contribution in [0, 0.1) is 0 Å². The van der Waals surface area contributed by atoms with Crippen LogP contribution in [0.2, 0.25) is 0 Å². The Balaban J connectivity index is 1.52. The Hall–Kier alpha value is -3.14. The van der Waals surface area contributed by atoms with Crippen molar-refractivity contribution in [2.45, 2.75) is 0 Å². The van der Waals surface area contributed by atoms with Gasteiger partial charge in [-0.1, -0.05) is 60.7 Å². The first-order valence-electron chi connectivity index (χ1n) is 7.41. The molecule has 0 bridgehead atoms. The van der Waals surface area contributed by atoms with E-state index in [2.05, 4.69) is 21.9 Å². The lowest BCUT2D eigenvalue weighted by Crippen LogP contribution is -2.25. The van der Waals surface area contributed by atoms with Gasteiger partial charge in [0.15, 0.2) is 0 Å². The van der Waals surface area contributed by atoms with Gasteiger partial charge in [0.1, 0.15) is 0 Å². The second-order valence-corrected chi connectivity index (χ2v) is 5.12. The largest absolute Gasteiger partial charge is 0.376 e. The van der Waals surface area contributed by atoms with Gasteiger partial charge in [-0.3, -0.25) is 4.79 Å². The fourth-order valence-electron chi connectivity index (χ4n) is 2.24. The number of hydrazone groups is 1. The monoisotopic (exact) mass is 303 g/mol. The summed E-state index contributed by atoms with van der Waals surface area (Å²) in [4.78, 5) is 11.8. The van der Waals surface area contributed by atoms with Crippen LogP contribution in [0.4, 0.5) is 5.69 Å². The van der Waals surface area contributed by atoms with Gasteiger partial charge in [-0.15, -0.1) is 0 Å². The molecule has 114 valence electrons. The van der Waals surface area contributed by atoms with E-state index in [1.165, 1.54) is 5.39 Å². The number of hydrogen-bond donors (Lipinski definition) is 2. The Morgan fingerprint density at radius 2 is 1.65 bits per heavy atom. The molecule has 2 N–H and O–H groups in total. The lowest BCUT2D eigenvalue weighted by Gasteiger charge is -2.06. The molecule has 0 saturated carbocycles. The second-order valence-electron chi connectivity index (χ2n) is 5.12. The van der Waals surface area contributed by atoms with Crippen molar-refractivity contribution in [3.05, 3.63) is 78.4 Å². The number of hydrogen-bond acceptors (Lipinski definition) is 3. The van der Waals surface area contributed by atoms with E-state index in [0.717, 1.165) is 16.6 Å². The van der Waals surface area contributed by atoms with Crippen LogP contribution in [0.15, 0.2) is 77.9 Å². The molecule has 0 saturated heterocycles. The molecule has 0 heterocycles. The van der Waals surface area contributed by atoms with Crippen molar-refractivity contribution in [3.8, 4) is 0 Å². The summed E-state index contributed by atoms with van der Waals surface area (Å²) >= 11 is 0. The second kappa shape index (κ2) is 7.22. The molecule has 0 aromatic heterocycles. The summed E-state index contributed by atoms with van der Waals surface area (Å²) < 4.78 is 0. The van der Waals surface area contributed by atoms with Crippen molar-refractivity contribution in [2.75, 3.05) is 11.9 Å². The summed E-state index contributed by atoms with van der Waals surface area (Å²) in [7, 11) is 0. The smallest absolute Gasteiger partial charge is 0.259 e. The third-order valence-corrected chi connectivity index (χ3v) is 3.40. The fourth-order valence-corrected chi connectivity index (χ4v) is 2.24. The van der Waals surface area contributed by atoms with Crippen LogP contribution in [-0.4, -0.2) is 18.7 Å². The first-order valence-corrected chi connectivity index (χ1v) is 7.41. The van der Waals surface area contributed by atoms with Crippen molar-refractivity contribution in [1.82, 2.24) is 5.43 Å². The third kappa shape index (κ3) is 4.17. The Kier molecular flexibility index (Phi) is 4.64. The van der Waals surface area contributed by atoms with E-state index < -0.39 is 0 Å². The molecule has 4 heteroatoms. The maximum absolute atomic E-state index is 11.8. The van der Waals surface area contributed by atoms with Crippen molar-refractivity contribution >= 4 is 28.6 Å². The van der Waals surface area contributed by atoms with E-state index in [4.69, 9.17) is 0 Å². The first kappa shape index (κ1) is 14.8. The zero-order valence-corrected chi connectivity index (χ0v) is 12.6. The number of nitrogens with zero attached hydrogens (tertiary/aromatic N) is 1. The van der Waals surface area contributed by atoms with Crippen molar-refractivity contribution in [1.29, 1.82) is 0 Å². The van der Waals surface area contributed by atoms with Crippen LogP contribution in [0.25, 0.3) is 10.8 Å². The Bertz CT molecular complexity index is 828. The number of anilines is 1. The van der Waals surface area contributed by atoms with E-state index >= 15 is 0 Å². The van der Waals surface area contributed by atoms with Crippen LogP contribution in [-0.2, 0) is 4.79 Å². The van der Waals surface area contributed by atoms with Crippen molar-refractivity contribution in [2.24, 2.45) is 5.10 Å². The number of fused-ring (bicyclic) bond motifs is 1. The number of carbonyl (C=O) groups is 1. The molecular formula is C19H17N3O. The number of benzene rings is 3. The van der Waals surface area contributed by atoms with Gasteiger partial charge in [-0.2, -0.15) is 5.10 Å². The SMILES string of the molecule is O=C(CNc1ccc2ccccc2c1)NN=Cc1ccccc1. The van der Waals surface area contributed by atoms with E-state index in [1.54, 1.807) is 6.21 Å². The van der Waals surface area contributed by atoms with Crippen molar-refractivity contribution in [3.63, 3.8) is 0 Å². The van der Waals surface area contributed by atoms with Crippen LogP contribution in [0.3, 0.4) is 0 Å². The number of amides is 1. The Morgan fingerprint density at radius 1 is 0.913 bits per heavy atom. The molecule has 23 heavy (non-hydrogen) atoms. The normalized spacial score (nSPS) is 10.8. The van der Waals surface area contributed by atoms with Crippen LogP contribution >= 0.6 is 0 Å². The molecule has 0 radical (unpaired) electrons. The zero-order valence-electron chi connectivity index (χ0n) is 12.6. The maximum atomic E-state index is 11.8. The third-order valence-electron chi connectivity index (χ3n) is 3.40. The van der Waals surface area contributed by atoms with E-state index in [0.29, 0.717) is 0 Å². The molecule has 3 rings (SSSR count). The molecule has 0 aliphatic carbocycles. The summed E-state index contributed by atoms with van der Waals surface area (Å²) in [5, 5.41) is 9.35. The fraction of sp³-hybridized carbons (Fsp3) is 0.0526. The van der Waals surface area contributed by atoms with Crippen LogP contribution in [0.5, 0.6) is 0 Å². The summed E-state index contributed by atoms with van der Waals surface area (Å²) in [6, 6.07) is 23.7. The maximum Gasteiger partial charge on any atom is 0.259 e. The van der Waals surface area contributed by atoms with Gasteiger partial charge in [0.05, 0.1) is 12.8 Å².